The van der Waals surface area contributed by atoms with Crippen molar-refractivity contribution in [3.8, 4) is 0 Å². The van der Waals surface area contributed by atoms with E-state index < -0.39 is 10.0 Å². The molecule has 0 atom stereocenters. The molecule has 0 unspecified atom stereocenters. The van der Waals surface area contributed by atoms with E-state index in [0.717, 1.165) is 37.2 Å². The van der Waals surface area contributed by atoms with Gasteiger partial charge in [0.15, 0.2) is 0 Å². The van der Waals surface area contributed by atoms with E-state index in [1.807, 2.05) is 0 Å². The Bertz CT molecular complexity index is 469. The molecule has 0 aliphatic carbocycles. The van der Waals surface area contributed by atoms with E-state index in [4.69, 9.17) is 0 Å². The summed E-state index contributed by atoms with van der Waals surface area (Å²) >= 11 is 1.50. The van der Waals surface area contributed by atoms with Gasteiger partial charge >= 0.3 is 0 Å². The van der Waals surface area contributed by atoms with Crippen molar-refractivity contribution in [1.29, 1.82) is 0 Å². The molecule has 0 amide bonds. The van der Waals surface area contributed by atoms with Crippen molar-refractivity contribution in [2.75, 3.05) is 20.1 Å². The molecule has 0 spiro atoms. The Kier molecular flexibility index (Phi) is 6.99. The van der Waals surface area contributed by atoms with Gasteiger partial charge < -0.3 is 5.32 Å². The molecule has 0 aliphatic rings. The van der Waals surface area contributed by atoms with Crippen molar-refractivity contribution in [2.24, 2.45) is 0 Å². The molecule has 0 fully saturated rings. The Labute approximate surface area is 120 Å². The van der Waals surface area contributed by atoms with Crippen molar-refractivity contribution in [1.82, 2.24) is 9.62 Å². The Morgan fingerprint density at radius 1 is 1.32 bits per heavy atom. The van der Waals surface area contributed by atoms with Crippen molar-refractivity contribution in [3.05, 3.63) is 16.3 Å². The fourth-order valence-electron chi connectivity index (χ4n) is 1.66. The normalized spacial score (nSPS) is 12.2. The average Bonchev–Trinajstić information content (AvgIpc) is 2.85. The van der Waals surface area contributed by atoms with Gasteiger partial charge in [-0.2, -0.15) is 0 Å². The van der Waals surface area contributed by atoms with Crippen LogP contribution in [0, 0.1) is 0 Å². The Morgan fingerprint density at radius 2 is 2.05 bits per heavy atom. The molecule has 0 aromatic carbocycles. The number of thiophene rings is 1. The van der Waals surface area contributed by atoms with Crippen LogP contribution < -0.4 is 5.32 Å². The minimum Gasteiger partial charge on any atom is -0.312 e. The lowest BCUT2D eigenvalue weighted by atomic mass is 10.3. The number of nitrogens with zero attached hydrogens (tertiary/aromatic N) is 1. The SMILES string of the molecule is CCCCN(C)S(=O)(=O)c1csc(CNCCC)c1. The highest BCUT2D eigenvalue weighted by atomic mass is 32.2. The Balaban J connectivity index is 2.68. The Morgan fingerprint density at radius 3 is 2.68 bits per heavy atom. The van der Waals surface area contributed by atoms with Crippen molar-refractivity contribution in [3.63, 3.8) is 0 Å². The molecule has 0 saturated carbocycles. The van der Waals surface area contributed by atoms with Gasteiger partial charge in [0.25, 0.3) is 0 Å². The van der Waals surface area contributed by atoms with Crippen LogP contribution in [0.5, 0.6) is 0 Å². The third-order valence-electron chi connectivity index (χ3n) is 2.89. The Hall–Kier alpha value is -0.430. The summed E-state index contributed by atoms with van der Waals surface area (Å²) in [5, 5.41) is 5.02. The largest absolute Gasteiger partial charge is 0.312 e. The molecule has 0 radical (unpaired) electrons. The molecule has 0 bridgehead atoms. The lowest BCUT2D eigenvalue weighted by molar-refractivity contribution is 0.459. The first-order valence-corrected chi connectivity index (χ1v) is 9.08. The van der Waals surface area contributed by atoms with Crippen LogP contribution in [0.2, 0.25) is 0 Å². The molecule has 19 heavy (non-hydrogen) atoms. The van der Waals surface area contributed by atoms with Gasteiger partial charge in [-0.15, -0.1) is 11.3 Å². The van der Waals surface area contributed by atoms with Gasteiger partial charge in [0.05, 0.1) is 4.90 Å². The maximum Gasteiger partial charge on any atom is 0.243 e. The summed E-state index contributed by atoms with van der Waals surface area (Å²) in [4.78, 5) is 1.49. The van der Waals surface area contributed by atoms with E-state index in [-0.39, 0.29) is 0 Å². The summed E-state index contributed by atoms with van der Waals surface area (Å²) in [6.45, 7) is 6.45. The third-order valence-corrected chi connectivity index (χ3v) is 5.81. The van der Waals surface area contributed by atoms with E-state index in [1.165, 1.54) is 15.6 Å². The molecule has 1 rings (SSSR count). The predicted octanol–water partition coefficient (Wildman–Crippen LogP) is 2.67. The summed E-state index contributed by atoms with van der Waals surface area (Å²) in [6.07, 6.45) is 2.97. The van der Waals surface area contributed by atoms with Gasteiger partial charge in [0.2, 0.25) is 10.0 Å². The van der Waals surface area contributed by atoms with Gasteiger partial charge in [-0.3, -0.25) is 0 Å². The highest BCUT2D eigenvalue weighted by molar-refractivity contribution is 7.89. The molecule has 4 nitrogen and oxygen atoms in total. The second-order valence-corrected chi connectivity index (χ2v) is 7.65. The summed E-state index contributed by atoms with van der Waals surface area (Å²) in [6, 6.07) is 1.78. The molecule has 1 N–H and O–H groups in total. The minimum absolute atomic E-state index is 0.421. The van der Waals surface area contributed by atoms with Crippen molar-refractivity contribution >= 4 is 21.4 Å². The number of hydrogen-bond donors (Lipinski definition) is 1. The molecule has 0 saturated heterocycles. The van der Waals surface area contributed by atoms with E-state index in [9.17, 15) is 8.42 Å². The van der Waals surface area contributed by atoms with Crippen LogP contribution in [0.3, 0.4) is 0 Å². The summed E-state index contributed by atoms with van der Waals surface area (Å²) in [5.41, 5.74) is 0. The molecule has 1 aromatic heterocycles. The van der Waals surface area contributed by atoms with Gasteiger partial charge in [-0.25, -0.2) is 12.7 Å². The van der Waals surface area contributed by atoms with Crippen molar-refractivity contribution in [2.45, 2.75) is 44.6 Å². The molecular weight excluding hydrogens is 280 g/mol. The van der Waals surface area contributed by atoms with Crippen LogP contribution in [0.1, 0.15) is 38.0 Å². The number of rotatable bonds is 9. The lowest BCUT2D eigenvalue weighted by Crippen LogP contribution is -2.27. The molecular formula is C13H24N2O2S2. The van der Waals surface area contributed by atoms with Crippen LogP contribution in [0.15, 0.2) is 16.3 Å². The second kappa shape index (κ2) is 7.99. The topological polar surface area (TPSA) is 49.4 Å². The third kappa shape index (κ3) is 4.87. The summed E-state index contributed by atoms with van der Waals surface area (Å²) < 4.78 is 26.0. The zero-order valence-corrected chi connectivity index (χ0v) is 13.6. The van der Waals surface area contributed by atoms with Crippen LogP contribution in [0.25, 0.3) is 0 Å². The average molecular weight is 304 g/mol. The fourth-order valence-corrected chi connectivity index (χ4v) is 4.10. The number of unbranched alkanes of at least 4 members (excludes halogenated alkanes) is 1. The van der Waals surface area contributed by atoms with Gasteiger partial charge in [0, 0.05) is 30.4 Å². The zero-order chi connectivity index (χ0) is 14.3. The van der Waals surface area contributed by atoms with Gasteiger partial charge in [-0.05, 0) is 25.5 Å². The second-order valence-electron chi connectivity index (χ2n) is 4.61. The molecule has 1 heterocycles. The van der Waals surface area contributed by atoms with E-state index in [2.05, 4.69) is 19.2 Å². The van der Waals surface area contributed by atoms with Gasteiger partial charge in [-0.1, -0.05) is 20.3 Å². The first-order chi connectivity index (χ1) is 9.02. The summed E-state index contributed by atoms with van der Waals surface area (Å²) in [7, 11) is -1.65. The summed E-state index contributed by atoms with van der Waals surface area (Å²) in [5.74, 6) is 0. The smallest absolute Gasteiger partial charge is 0.243 e. The maximum atomic E-state index is 12.3. The molecule has 6 heteroatoms. The van der Waals surface area contributed by atoms with Crippen LogP contribution in [0.4, 0.5) is 0 Å². The fraction of sp³-hybridized carbons (Fsp3) is 0.692. The first-order valence-electron chi connectivity index (χ1n) is 6.76. The molecule has 1 aromatic rings. The number of hydrogen-bond acceptors (Lipinski definition) is 4. The van der Waals surface area contributed by atoms with Crippen LogP contribution in [-0.4, -0.2) is 32.9 Å². The van der Waals surface area contributed by atoms with Crippen molar-refractivity contribution < 1.29 is 8.42 Å². The van der Waals surface area contributed by atoms with Crippen LogP contribution in [-0.2, 0) is 16.6 Å². The number of sulfonamides is 1. The highest BCUT2D eigenvalue weighted by Gasteiger charge is 2.21. The highest BCUT2D eigenvalue weighted by Crippen LogP contribution is 2.22. The standard InChI is InChI=1S/C13H24N2O2S2/c1-4-6-8-15(3)19(16,17)13-9-12(18-11-13)10-14-7-5-2/h9,11,14H,4-8,10H2,1-3H3. The maximum absolute atomic E-state index is 12.3. The van der Waals surface area contributed by atoms with Crippen LogP contribution >= 0.6 is 11.3 Å². The predicted molar refractivity (Wildman–Crippen MR) is 81.0 cm³/mol. The van der Waals surface area contributed by atoms with E-state index in [1.54, 1.807) is 18.5 Å². The van der Waals surface area contributed by atoms with Gasteiger partial charge in [0.1, 0.15) is 0 Å². The molecule has 0 aliphatic heterocycles. The van der Waals surface area contributed by atoms with E-state index >= 15 is 0 Å². The number of nitrogens with one attached hydrogen (secondary N) is 1. The first kappa shape index (κ1) is 16.6. The zero-order valence-electron chi connectivity index (χ0n) is 12.0. The molecule has 110 valence electrons. The quantitative estimate of drug-likeness (QED) is 0.714. The lowest BCUT2D eigenvalue weighted by Gasteiger charge is -2.15. The van der Waals surface area contributed by atoms with E-state index in [0.29, 0.717) is 11.4 Å². The monoisotopic (exact) mass is 304 g/mol. The minimum atomic E-state index is -3.31.